The Labute approximate surface area is 175 Å². The van der Waals surface area contributed by atoms with E-state index in [4.69, 9.17) is 5.73 Å². The van der Waals surface area contributed by atoms with Crippen molar-refractivity contribution in [2.45, 2.75) is 32.9 Å². The monoisotopic (exact) mass is 427 g/mol. The minimum absolute atomic E-state index is 0. The second-order valence-corrected chi connectivity index (χ2v) is 6.77. The Balaban J connectivity index is 0. The van der Waals surface area contributed by atoms with E-state index in [1.807, 2.05) is 18.3 Å². The van der Waals surface area contributed by atoms with Gasteiger partial charge in [0.2, 0.25) is 5.91 Å². The molecule has 1 aromatic rings. The van der Waals surface area contributed by atoms with Gasteiger partial charge in [0.1, 0.15) is 5.82 Å². The Bertz CT molecular complexity index is 508. The van der Waals surface area contributed by atoms with Gasteiger partial charge in [-0.3, -0.25) is 4.79 Å². The number of aromatic nitrogens is 1. The lowest BCUT2D eigenvalue weighted by atomic mass is 10.0. The predicted molar refractivity (Wildman–Crippen MR) is 115 cm³/mol. The zero-order chi connectivity index (χ0) is 16.8. The van der Waals surface area contributed by atoms with Crippen LogP contribution in [0, 0.1) is 5.92 Å². The number of pyridine rings is 1. The molecular formula is C17H32Cl3N5O. The standard InChI is InChI=1S/C17H29N5O.3ClH/c1-13(2)10-15(18)17(23)20-12-14-4-5-16(19-11-14)22-8-6-21(3)7-9-22;;;/h4-5,11,13,15H,6-10,12,18H2,1-3H3,(H,20,23);3*1H/t15-;;;/m0.../s1. The molecule has 2 rings (SSSR count). The number of hydrogen-bond acceptors (Lipinski definition) is 5. The van der Waals surface area contributed by atoms with Crippen LogP contribution in [0.3, 0.4) is 0 Å². The van der Waals surface area contributed by atoms with Crippen LogP contribution in [0.2, 0.25) is 0 Å². The number of likely N-dealkylation sites (N-methyl/N-ethyl adjacent to an activating group) is 1. The summed E-state index contributed by atoms with van der Waals surface area (Å²) in [6.07, 6.45) is 2.54. The first kappa shape index (κ1) is 27.4. The third-order valence-electron chi connectivity index (χ3n) is 4.17. The highest BCUT2D eigenvalue weighted by molar-refractivity contribution is 5.86. The lowest BCUT2D eigenvalue weighted by Crippen LogP contribution is -2.44. The van der Waals surface area contributed by atoms with E-state index in [1.165, 1.54) is 0 Å². The van der Waals surface area contributed by atoms with Crippen molar-refractivity contribution in [3.63, 3.8) is 0 Å². The quantitative estimate of drug-likeness (QED) is 0.725. The summed E-state index contributed by atoms with van der Waals surface area (Å²) in [4.78, 5) is 21.1. The number of hydrogen-bond donors (Lipinski definition) is 2. The second-order valence-electron chi connectivity index (χ2n) is 6.77. The van der Waals surface area contributed by atoms with Gasteiger partial charge in [0, 0.05) is 38.9 Å². The Morgan fingerprint density at radius 2 is 1.81 bits per heavy atom. The number of piperazine rings is 1. The van der Waals surface area contributed by atoms with Gasteiger partial charge in [0.05, 0.1) is 6.04 Å². The Hall–Kier alpha value is -0.790. The molecule has 26 heavy (non-hydrogen) atoms. The van der Waals surface area contributed by atoms with Gasteiger partial charge in [-0.2, -0.15) is 0 Å². The summed E-state index contributed by atoms with van der Waals surface area (Å²) in [5.74, 6) is 1.33. The van der Waals surface area contributed by atoms with Crippen molar-refractivity contribution in [3.8, 4) is 0 Å². The molecule has 152 valence electrons. The molecule has 1 aliphatic rings. The van der Waals surface area contributed by atoms with Crippen molar-refractivity contribution >= 4 is 48.9 Å². The third kappa shape index (κ3) is 8.73. The van der Waals surface area contributed by atoms with E-state index in [1.54, 1.807) is 0 Å². The lowest BCUT2D eigenvalue weighted by Gasteiger charge is -2.33. The first-order chi connectivity index (χ1) is 11.0. The summed E-state index contributed by atoms with van der Waals surface area (Å²) in [5.41, 5.74) is 6.87. The molecule has 0 unspecified atom stereocenters. The maximum absolute atomic E-state index is 11.9. The smallest absolute Gasteiger partial charge is 0.237 e. The molecule has 1 aliphatic heterocycles. The van der Waals surface area contributed by atoms with Gasteiger partial charge in [0.15, 0.2) is 0 Å². The molecule has 1 aromatic heterocycles. The van der Waals surface area contributed by atoms with Crippen LogP contribution in [0.4, 0.5) is 5.82 Å². The highest BCUT2D eigenvalue weighted by atomic mass is 35.5. The number of amides is 1. The molecule has 1 atom stereocenters. The number of carbonyl (C=O) groups is 1. The fourth-order valence-electron chi connectivity index (χ4n) is 2.68. The van der Waals surface area contributed by atoms with Gasteiger partial charge >= 0.3 is 0 Å². The van der Waals surface area contributed by atoms with Gasteiger partial charge in [-0.15, -0.1) is 37.2 Å². The highest BCUT2D eigenvalue weighted by Crippen LogP contribution is 2.13. The van der Waals surface area contributed by atoms with Gasteiger partial charge in [-0.1, -0.05) is 19.9 Å². The molecule has 6 nitrogen and oxygen atoms in total. The molecular weight excluding hydrogens is 397 g/mol. The van der Waals surface area contributed by atoms with Gasteiger partial charge < -0.3 is 20.9 Å². The third-order valence-corrected chi connectivity index (χ3v) is 4.17. The van der Waals surface area contributed by atoms with Crippen molar-refractivity contribution in [3.05, 3.63) is 23.9 Å². The van der Waals surface area contributed by atoms with E-state index in [0.29, 0.717) is 18.9 Å². The molecule has 3 N–H and O–H groups in total. The molecule has 2 heterocycles. The summed E-state index contributed by atoms with van der Waals surface area (Å²) in [6.45, 7) is 8.73. The summed E-state index contributed by atoms with van der Waals surface area (Å²) in [7, 11) is 2.14. The van der Waals surface area contributed by atoms with Crippen LogP contribution in [0.1, 0.15) is 25.8 Å². The Morgan fingerprint density at radius 3 is 2.31 bits per heavy atom. The van der Waals surface area contributed by atoms with Crippen LogP contribution in [-0.2, 0) is 11.3 Å². The first-order valence-electron chi connectivity index (χ1n) is 8.37. The van der Waals surface area contributed by atoms with E-state index in [2.05, 4.69) is 41.0 Å². The topological polar surface area (TPSA) is 74.5 Å². The van der Waals surface area contributed by atoms with Crippen molar-refractivity contribution in [2.24, 2.45) is 11.7 Å². The Kier molecular flexibility index (Phi) is 14.1. The largest absolute Gasteiger partial charge is 0.354 e. The molecule has 0 aliphatic carbocycles. The second kappa shape index (κ2) is 13.4. The van der Waals surface area contributed by atoms with Crippen molar-refractivity contribution in [1.82, 2.24) is 15.2 Å². The molecule has 1 fully saturated rings. The van der Waals surface area contributed by atoms with E-state index in [0.717, 1.165) is 37.6 Å². The predicted octanol–water partition coefficient (Wildman–Crippen LogP) is 2.09. The Morgan fingerprint density at radius 1 is 1.19 bits per heavy atom. The van der Waals surface area contributed by atoms with E-state index >= 15 is 0 Å². The fraction of sp³-hybridized carbons (Fsp3) is 0.647. The normalized spacial score (nSPS) is 15.3. The first-order valence-corrected chi connectivity index (χ1v) is 8.37. The van der Waals surface area contributed by atoms with Crippen LogP contribution in [0.25, 0.3) is 0 Å². The molecule has 9 heteroatoms. The number of halogens is 3. The molecule has 0 bridgehead atoms. The van der Waals surface area contributed by atoms with E-state index < -0.39 is 6.04 Å². The average Bonchev–Trinajstić information content (AvgIpc) is 2.53. The summed E-state index contributed by atoms with van der Waals surface area (Å²) in [5, 5.41) is 2.88. The molecule has 1 saturated heterocycles. The summed E-state index contributed by atoms with van der Waals surface area (Å²) in [6, 6.07) is 3.61. The SMILES string of the molecule is CC(C)C[C@H](N)C(=O)NCc1ccc(N2CCN(C)CC2)nc1.Cl.Cl.Cl. The molecule has 0 saturated carbocycles. The molecule has 0 aromatic carbocycles. The minimum atomic E-state index is -0.437. The molecule has 0 spiro atoms. The fourth-order valence-corrected chi connectivity index (χ4v) is 2.68. The van der Waals surface area contributed by atoms with Crippen LogP contribution in [0.5, 0.6) is 0 Å². The van der Waals surface area contributed by atoms with E-state index in [9.17, 15) is 4.79 Å². The summed E-state index contributed by atoms with van der Waals surface area (Å²) >= 11 is 0. The van der Waals surface area contributed by atoms with Crippen molar-refractivity contribution < 1.29 is 4.79 Å². The van der Waals surface area contributed by atoms with Crippen LogP contribution < -0.4 is 16.0 Å². The number of nitrogens with one attached hydrogen (secondary N) is 1. The summed E-state index contributed by atoms with van der Waals surface area (Å²) < 4.78 is 0. The number of anilines is 1. The number of rotatable bonds is 6. The van der Waals surface area contributed by atoms with Crippen LogP contribution >= 0.6 is 37.2 Å². The van der Waals surface area contributed by atoms with E-state index in [-0.39, 0.29) is 43.1 Å². The van der Waals surface area contributed by atoms with Gasteiger partial charge in [0.25, 0.3) is 0 Å². The van der Waals surface area contributed by atoms with Gasteiger partial charge in [-0.05, 0) is 31.0 Å². The maximum atomic E-state index is 11.9. The lowest BCUT2D eigenvalue weighted by molar-refractivity contribution is -0.122. The number of nitrogens with zero attached hydrogens (tertiary/aromatic N) is 3. The zero-order valence-electron chi connectivity index (χ0n) is 15.7. The minimum Gasteiger partial charge on any atom is -0.354 e. The van der Waals surface area contributed by atoms with Crippen molar-refractivity contribution in [1.29, 1.82) is 0 Å². The maximum Gasteiger partial charge on any atom is 0.237 e. The highest BCUT2D eigenvalue weighted by Gasteiger charge is 2.16. The van der Waals surface area contributed by atoms with Crippen molar-refractivity contribution in [2.75, 3.05) is 38.1 Å². The molecule has 0 radical (unpaired) electrons. The van der Waals surface area contributed by atoms with Crippen LogP contribution in [-0.4, -0.2) is 55.1 Å². The molecule has 1 amide bonds. The number of nitrogens with two attached hydrogens (primary N) is 1. The zero-order valence-corrected chi connectivity index (χ0v) is 18.1. The van der Waals surface area contributed by atoms with Gasteiger partial charge in [-0.25, -0.2) is 4.98 Å². The number of carbonyl (C=O) groups excluding carboxylic acids is 1. The average molecular weight is 429 g/mol. The van der Waals surface area contributed by atoms with Crippen LogP contribution in [0.15, 0.2) is 18.3 Å².